The molecule has 1 aliphatic heterocycles. The number of urea groups is 1. The van der Waals surface area contributed by atoms with E-state index in [1.807, 2.05) is 91.0 Å². The van der Waals surface area contributed by atoms with Crippen LogP contribution >= 0.6 is 0 Å². The molecule has 2 amide bonds. The van der Waals surface area contributed by atoms with Gasteiger partial charge in [0.15, 0.2) is 18.2 Å². The van der Waals surface area contributed by atoms with E-state index >= 15 is 4.21 Å². The highest BCUT2D eigenvalue weighted by atomic mass is 32.2. The molecule has 0 radical (unpaired) electrons. The molecule has 0 bridgehead atoms. The third-order valence-corrected chi connectivity index (χ3v) is 18.3. The lowest BCUT2D eigenvalue weighted by molar-refractivity contribution is 0.0615. The average Bonchev–Trinajstić information content (AvgIpc) is 3.95. The monoisotopic (exact) mass is 773 g/mol. The maximum atomic E-state index is 16.3. The first-order chi connectivity index (χ1) is 26.4. The molecular weight excluding hydrogens is 723 g/mol. The van der Waals surface area contributed by atoms with Gasteiger partial charge in [-0.3, -0.25) is 0 Å². The molecule has 1 aromatic heterocycles. The minimum Gasteiger partial charge on any atom is -0.474 e. The van der Waals surface area contributed by atoms with E-state index in [-0.39, 0.29) is 22.6 Å². The van der Waals surface area contributed by atoms with Crippen LogP contribution in [0, 0.1) is 0 Å². The van der Waals surface area contributed by atoms with Gasteiger partial charge in [0.1, 0.15) is 17.0 Å². The summed E-state index contributed by atoms with van der Waals surface area (Å²) in [6, 6.07) is 31.3. The number of anilines is 1. The number of amides is 2. The fourth-order valence-electron chi connectivity index (χ4n) is 8.15. The third kappa shape index (κ3) is 6.91. The van der Waals surface area contributed by atoms with Crippen LogP contribution in [0.15, 0.2) is 113 Å². The van der Waals surface area contributed by atoms with Gasteiger partial charge in [-0.1, -0.05) is 118 Å². The van der Waals surface area contributed by atoms with Gasteiger partial charge in [0.05, 0.1) is 18.8 Å². The Hall–Kier alpha value is -4.71. The minimum atomic E-state index is -3.87. The SMILES string of the molecule is CC(C)(C)[Si](C)(C)OC1COc2c(S(=O)(=NC(c3ccccc3)(c3ccccc3)c3ccccc3)NC(=O)Nc3c4c(cc5c3CCC5)CCC4)cnn2C1. The highest BCUT2D eigenvalue weighted by Gasteiger charge is 2.43. The second-order valence-electron chi connectivity index (χ2n) is 16.5. The van der Waals surface area contributed by atoms with Gasteiger partial charge in [-0.2, -0.15) is 9.46 Å². The molecule has 0 fully saturated rings. The van der Waals surface area contributed by atoms with Crippen LogP contribution < -0.4 is 14.8 Å². The number of carbonyl (C=O) groups is 1. The van der Waals surface area contributed by atoms with Crippen molar-refractivity contribution in [1.82, 2.24) is 14.5 Å². The van der Waals surface area contributed by atoms with Crippen LogP contribution in [-0.2, 0) is 52.1 Å². The van der Waals surface area contributed by atoms with Crippen LogP contribution in [0.5, 0.6) is 5.88 Å². The topological polar surface area (TPSA) is 107 Å². The van der Waals surface area contributed by atoms with Gasteiger partial charge in [-0.05, 0) is 95.6 Å². The highest BCUT2D eigenvalue weighted by molar-refractivity contribution is 7.92. The Morgan fingerprint density at radius 1 is 0.855 bits per heavy atom. The molecular formula is C44H51N5O4SSi. The lowest BCUT2D eigenvalue weighted by Crippen LogP contribution is -2.47. The first kappa shape index (κ1) is 37.2. The second kappa shape index (κ2) is 14.4. The lowest BCUT2D eigenvalue weighted by Gasteiger charge is -2.40. The van der Waals surface area contributed by atoms with E-state index < -0.39 is 29.8 Å². The molecule has 0 saturated carbocycles. The molecule has 4 aromatic carbocycles. The van der Waals surface area contributed by atoms with Gasteiger partial charge in [-0.25, -0.2) is 18.4 Å². The summed E-state index contributed by atoms with van der Waals surface area (Å²) in [6.07, 6.45) is 7.21. The lowest BCUT2D eigenvalue weighted by atomic mass is 9.78. The van der Waals surface area contributed by atoms with Gasteiger partial charge in [0, 0.05) is 5.69 Å². The number of ether oxygens (including phenoxy) is 1. The maximum Gasteiger partial charge on any atom is 0.331 e. The number of benzene rings is 4. The Balaban J connectivity index is 1.29. The number of nitrogens with one attached hydrogen (secondary N) is 2. The summed E-state index contributed by atoms with van der Waals surface area (Å²) < 4.78 is 39.6. The van der Waals surface area contributed by atoms with Crippen molar-refractivity contribution in [3.05, 3.63) is 142 Å². The number of rotatable bonds is 9. The predicted octanol–water partition coefficient (Wildman–Crippen LogP) is 9.20. The fourth-order valence-corrected chi connectivity index (χ4v) is 11.3. The molecule has 9 nitrogen and oxygen atoms in total. The van der Waals surface area contributed by atoms with E-state index in [0.29, 0.717) is 12.4 Å². The summed E-state index contributed by atoms with van der Waals surface area (Å²) in [5.41, 5.74) is 6.91. The van der Waals surface area contributed by atoms with Crippen LogP contribution in [0.3, 0.4) is 0 Å². The van der Waals surface area contributed by atoms with E-state index in [1.165, 1.54) is 22.3 Å². The molecule has 55 heavy (non-hydrogen) atoms. The molecule has 2 N–H and O–H groups in total. The zero-order valence-corrected chi connectivity index (χ0v) is 34.2. The van der Waals surface area contributed by atoms with E-state index in [2.05, 4.69) is 50.0 Å². The fraction of sp³-hybridized carbons (Fsp3) is 0.364. The van der Waals surface area contributed by atoms with Gasteiger partial charge in [0.25, 0.3) is 0 Å². The van der Waals surface area contributed by atoms with Crippen LogP contribution in [0.25, 0.3) is 0 Å². The summed E-state index contributed by atoms with van der Waals surface area (Å²) in [5.74, 6) is 0.314. The van der Waals surface area contributed by atoms with E-state index in [9.17, 15) is 4.79 Å². The standard InChI is InChI=1S/C44H51N5O4SSi/c1-43(2,3)55(4,5)53-36-29-49-41(52-30-36)39(28-45-49)54(51,47-42(50)46-40-37-25-15-17-31(37)27-32-18-16-26-38(32)40)48-44(33-19-9-6-10-20-33,34-21-11-7-12-22-34)35-23-13-8-14-24-35/h6-14,19-24,27-28,36H,15-18,25-26,29-30H2,1-5H3,(H2,46,47,48,50,51). The smallest absolute Gasteiger partial charge is 0.331 e. The average molecular weight is 774 g/mol. The quantitative estimate of drug-likeness (QED) is 0.115. The molecule has 11 heteroatoms. The predicted molar refractivity (Wildman–Crippen MR) is 220 cm³/mol. The van der Waals surface area contributed by atoms with Crippen molar-refractivity contribution in [2.45, 2.75) is 101 Å². The number of carbonyl (C=O) groups excluding carboxylic acids is 1. The summed E-state index contributed by atoms with van der Waals surface area (Å²) >= 11 is 0. The van der Waals surface area contributed by atoms with Gasteiger partial charge in [-0.15, -0.1) is 0 Å². The maximum absolute atomic E-state index is 16.3. The molecule has 0 saturated heterocycles. The number of fused-ring (bicyclic) bond motifs is 3. The molecule has 2 heterocycles. The first-order valence-electron chi connectivity index (χ1n) is 19.4. The zero-order valence-electron chi connectivity index (χ0n) is 32.4. The summed E-state index contributed by atoms with van der Waals surface area (Å²) in [4.78, 5) is 14.8. The Morgan fingerprint density at radius 2 is 1.38 bits per heavy atom. The molecule has 2 aliphatic carbocycles. The number of hydrogen-bond donors (Lipinski definition) is 2. The molecule has 3 aliphatic rings. The molecule has 0 spiro atoms. The van der Waals surface area contributed by atoms with Crippen LogP contribution in [0.1, 0.15) is 72.6 Å². The molecule has 2 unspecified atom stereocenters. The Bertz CT molecular complexity index is 2200. The van der Waals surface area contributed by atoms with Crippen molar-refractivity contribution >= 4 is 30.0 Å². The normalized spacial score (nSPS) is 17.7. The van der Waals surface area contributed by atoms with Crippen LogP contribution in [-0.4, -0.2) is 41.0 Å². The van der Waals surface area contributed by atoms with Crippen molar-refractivity contribution < 1.29 is 18.2 Å². The highest BCUT2D eigenvalue weighted by Crippen LogP contribution is 2.44. The number of aromatic nitrogens is 2. The van der Waals surface area contributed by atoms with Gasteiger partial charge in [0.2, 0.25) is 5.88 Å². The Morgan fingerprint density at radius 3 is 1.89 bits per heavy atom. The Kier molecular flexibility index (Phi) is 9.76. The largest absolute Gasteiger partial charge is 0.474 e. The molecule has 8 rings (SSSR count). The third-order valence-electron chi connectivity index (χ3n) is 11.9. The van der Waals surface area contributed by atoms with Crippen LogP contribution in [0.2, 0.25) is 18.1 Å². The van der Waals surface area contributed by atoms with Crippen molar-refractivity contribution in [2.75, 3.05) is 11.9 Å². The Labute approximate surface area is 326 Å². The number of nitrogens with zero attached hydrogens (tertiary/aromatic N) is 3. The molecule has 286 valence electrons. The molecule has 2 atom stereocenters. The summed E-state index contributed by atoms with van der Waals surface area (Å²) in [6.45, 7) is 11.8. The first-order valence-corrected chi connectivity index (χ1v) is 23.9. The van der Waals surface area contributed by atoms with Gasteiger partial charge >= 0.3 is 6.03 Å². The number of hydrogen-bond acceptors (Lipinski definition) is 6. The van der Waals surface area contributed by atoms with E-state index in [0.717, 1.165) is 60.9 Å². The van der Waals surface area contributed by atoms with Crippen LogP contribution in [0.4, 0.5) is 10.5 Å². The van der Waals surface area contributed by atoms with E-state index in [4.69, 9.17) is 18.6 Å². The van der Waals surface area contributed by atoms with Crippen molar-refractivity contribution in [3.63, 3.8) is 0 Å². The summed E-state index contributed by atoms with van der Waals surface area (Å²) in [5, 5.41) is 7.95. The van der Waals surface area contributed by atoms with E-state index in [1.54, 1.807) is 10.9 Å². The molecule has 5 aromatic rings. The van der Waals surface area contributed by atoms with Crippen molar-refractivity contribution in [2.24, 2.45) is 4.36 Å². The zero-order chi connectivity index (χ0) is 38.4. The van der Waals surface area contributed by atoms with Crippen molar-refractivity contribution in [3.8, 4) is 5.88 Å². The summed E-state index contributed by atoms with van der Waals surface area (Å²) in [7, 11) is -5.99. The number of aryl methyl sites for hydroxylation is 2. The second-order valence-corrected chi connectivity index (χ2v) is 23.2. The minimum absolute atomic E-state index is 0.0155. The van der Waals surface area contributed by atoms with Crippen molar-refractivity contribution in [1.29, 1.82) is 0 Å². The van der Waals surface area contributed by atoms with Gasteiger partial charge < -0.3 is 14.5 Å².